The predicted octanol–water partition coefficient (Wildman–Crippen LogP) is 0.796. The van der Waals surface area contributed by atoms with Gasteiger partial charge in [-0.3, -0.25) is 0 Å². The second-order valence-corrected chi connectivity index (χ2v) is 5.84. The van der Waals surface area contributed by atoms with E-state index in [-0.39, 0.29) is 11.5 Å². The largest absolute Gasteiger partial charge is 0.478 e. The number of aromatic carboxylic acids is 1. The van der Waals surface area contributed by atoms with E-state index in [9.17, 15) is 26.4 Å². The maximum Gasteiger partial charge on any atom is 0.415 e. The molecule has 7 nitrogen and oxygen atoms in total. The van der Waals surface area contributed by atoms with Crippen LogP contribution in [-0.2, 0) is 10.0 Å². The Morgan fingerprint density at radius 1 is 1.33 bits per heavy atom. The average molecular weight is 331 g/mol. The van der Waals surface area contributed by atoms with Crippen LogP contribution in [0.5, 0.6) is 0 Å². The van der Waals surface area contributed by atoms with Crippen LogP contribution in [0.2, 0.25) is 0 Å². The minimum atomic E-state index is -5.00. The van der Waals surface area contributed by atoms with Crippen molar-refractivity contribution >= 4 is 16.0 Å². The third kappa shape index (κ3) is 3.74. The summed E-state index contributed by atoms with van der Waals surface area (Å²) in [6.07, 6.45) is -7.91. The molecule has 0 bridgehead atoms. The zero-order valence-corrected chi connectivity index (χ0v) is 11.7. The number of furan rings is 1. The van der Waals surface area contributed by atoms with Crippen molar-refractivity contribution in [2.75, 3.05) is 6.54 Å². The van der Waals surface area contributed by atoms with Crippen molar-refractivity contribution in [3.63, 3.8) is 0 Å². The van der Waals surface area contributed by atoms with Crippen molar-refractivity contribution in [1.82, 2.24) is 4.72 Å². The third-order valence-corrected chi connectivity index (χ3v) is 4.11. The van der Waals surface area contributed by atoms with Gasteiger partial charge in [-0.1, -0.05) is 0 Å². The van der Waals surface area contributed by atoms with E-state index in [4.69, 9.17) is 14.6 Å². The van der Waals surface area contributed by atoms with Gasteiger partial charge in [0, 0.05) is 6.54 Å². The molecule has 3 N–H and O–H groups in total. The predicted molar refractivity (Wildman–Crippen MR) is 62.4 cm³/mol. The number of hydrogen-bond donors (Lipinski definition) is 3. The fraction of sp³-hybridized carbons (Fsp3) is 0.500. The summed E-state index contributed by atoms with van der Waals surface area (Å²) >= 11 is 0. The van der Waals surface area contributed by atoms with Crippen molar-refractivity contribution in [3.05, 3.63) is 17.1 Å². The number of aryl methyl sites for hydroxylation is 2. The molecule has 11 heteroatoms. The highest BCUT2D eigenvalue weighted by molar-refractivity contribution is 7.89. The number of carbonyl (C=O) groups is 1. The second-order valence-electron chi connectivity index (χ2n) is 4.13. The Labute approximate surface area is 117 Å². The molecule has 0 aromatic carbocycles. The lowest BCUT2D eigenvalue weighted by Gasteiger charge is -2.15. The number of aliphatic hydroxyl groups excluding tert-OH is 1. The molecule has 1 aromatic heterocycles. The van der Waals surface area contributed by atoms with E-state index in [1.165, 1.54) is 11.6 Å². The molecule has 0 amide bonds. The summed E-state index contributed by atoms with van der Waals surface area (Å²) in [7, 11) is -4.59. The molecule has 1 aromatic rings. The number of hydrogen-bond acceptors (Lipinski definition) is 5. The molecule has 0 saturated carbocycles. The summed E-state index contributed by atoms with van der Waals surface area (Å²) in [4.78, 5) is 10.3. The van der Waals surface area contributed by atoms with Gasteiger partial charge in [0.2, 0.25) is 10.0 Å². The lowest BCUT2D eigenvalue weighted by molar-refractivity contribution is -0.200. The lowest BCUT2D eigenvalue weighted by atomic mass is 10.2. The van der Waals surface area contributed by atoms with Crippen LogP contribution in [-0.4, -0.2) is 43.4 Å². The first kappa shape index (κ1) is 17.5. The summed E-state index contributed by atoms with van der Waals surface area (Å²) < 4.78 is 66.6. The zero-order chi connectivity index (χ0) is 16.6. The van der Waals surface area contributed by atoms with E-state index in [0.717, 1.165) is 6.92 Å². The Kier molecular flexibility index (Phi) is 4.70. The molecule has 120 valence electrons. The molecule has 0 fully saturated rings. The smallest absolute Gasteiger partial charge is 0.415 e. The monoisotopic (exact) mass is 331 g/mol. The normalized spacial score (nSPS) is 14.2. The fourth-order valence-corrected chi connectivity index (χ4v) is 3.05. The highest BCUT2D eigenvalue weighted by Gasteiger charge is 2.39. The SMILES string of the molecule is Cc1oc(C)c(S(=O)(=O)NCC(O)C(F)(F)F)c1C(=O)O. The van der Waals surface area contributed by atoms with E-state index < -0.39 is 45.3 Å². The molecule has 0 saturated heterocycles. The van der Waals surface area contributed by atoms with Crippen LogP contribution in [0, 0.1) is 13.8 Å². The van der Waals surface area contributed by atoms with Gasteiger partial charge >= 0.3 is 12.1 Å². The van der Waals surface area contributed by atoms with E-state index in [1.807, 2.05) is 0 Å². The number of sulfonamides is 1. The minimum absolute atomic E-state index is 0.197. The van der Waals surface area contributed by atoms with Crippen molar-refractivity contribution in [3.8, 4) is 0 Å². The van der Waals surface area contributed by atoms with Gasteiger partial charge < -0.3 is 14.6 Å². The molecule has 0 aliphatic carbocycles. The lowest BCUT2D eigenvalue weighted by Crippen LogP contribution is -2.41. The molecular formula is C10H12F3NO6S. The number of carboxylic acids is 1. The van der Waals surface area contributed by atoms with Crippen molar-refractivity contribution in [1.29, 1.82) is 0 Å². The minimum Gasteiger partial charge on any atom is -0.478 e. The van der Waals surface area contributed by atoms with Crippen LogP contribution in [0.1, 0.15) is 21.9 Å². The second kappa shape index (κ2) is 5.66. The molecule has 0 radical (unpaired) electrons. The van der Waals surface area contributed by atoms with Gasteiger partial charge in [-0.15, -0.1) is 0 Å². The van der Waals surface area contributed by atoms with E-state index >= 15 is 0 Å². The first-order valence-electron chi connectivity index (χ1n) is 5.45. The van der Waals surface area contributed by atoms with Crippen molar-refractivity contribution < 1.29 is 41.0 Å². The van der Waals surface area contributed by atoms with Gasteiger partial charge in [0.25, 0.3) is 0 Å². The summed E-state index contributed by atoms with van der Waals surface area (Å²) in [6.45, 7) is 1.03. The summed E-state index contributed by atoms with van der Waals surface area (Å²) in [6, 6.07) is 0. The fourth-order valence-electron chi connectivity index (χ4n) is 1.61. The molecule has 1 rings (SSSR count). The van der Waals surface area contributed by atoms with Crippen LogP contribution in [0.3, 0.4) is 0 Å². The van der Waals surface area contributed by atoms with E-state index in [1.54, 1.807) is 0 Å². The number of rotatable bonds is 5. The topological polar surface area (TPSA) is 117 Å². The summed E-state index contributed by atoms with van der Waals surface area (Å²) in [5.41, 5.74) is -0.665. The van der Waals surface area contributed by atoms with Gasteiger partial charge in [-0.2, -0.15) is 13.2 Å². The Balaban J connectivity index is 3.13. The number of carboxylic acid groups (broad SMARTS) is 1. The molecule has 1 heterocycles. The maximum atomic E-state index is 12.1. The van der Waals surface area contributed by atoms with Crippen molar-refractivity contribution in [2.24, 2.45) is 0 Å². The summed E-state index contributed by atoms with van der Waals surface area (Å²) in [5.74, 6) is -2.07. The first-order valence-corrected chi connectivity index (χ1v) is 6.94. The van der Waals surface area contributed by atoms with Crippen LogP contribution in [0.4, 0.5) is 13.2 Å². The van der Waals surface area contributed by atoms with Crippen molar-refractivity contribution in [2.45, 2.75) is 31.0 Å². The standard InChI is InChI=1S/C10H12F3NO6S/c1-4-7(9(16)17)8(5(2)20-4)21(18,19)14-3-6(15)10(11,12)13/h6,14-15H,3H2,1-2H3,(H,16,17). The molecular weight excluding hydrogens is 319 g/mol. The maximum absolute atomic E-state index is 12.1. The van der Waals surface area contributed by atoms with Crippen LogP contribution in [0.15, 0.2) is 9.31 Å². The zero-order valence-electron chi connectivity index (χ0n) is 10.9. The molecule has 21 heavy (non-hydrogen) atoms. The first-order chi connectivity index (χ1) is 9.38. The quantitative estimate of drug-likeness (QED) is 0.734. The van der Waals surface area contributed by atoms with Gasteiger partial charge in [-0.05, 0) is 13.8 Å². The highest BCUT2D eigenvalue weighted by Crippen LogP contribution is 2.27. The average Bonchev–Trinajstić information content (AvgIpc) is 2.60. The molecule has 1 unspecified atom stereocenters. The van der Waals surface area contributed by atoms with Crippen LogP contribution >= 0.6 is 0 Å². The van der Waals surface area contributed by atoms with Gasteiger partial charge in [0.1, 0.15) is 22.0 Å². The Morgan fingerprint density at radius 2 is 1.86 bits per heavy atom. The number of nitrogens with one attached hydrogen (secondary N) is 1. The van der Waals surface area contributed by atoms with Gasteiger partial charge in [0.15, 0.2) is 6.10 Å². The molecule has 0 aliphatic rings. The third-order valence-electron chi connectivity index (χ3n) is 2.53. The molecule has 0 spiro atoms. The van der Waals surface area contributed by atoms with Crippen LogP contribution in [0.25, 0.3) is 0 Å². The van der Waals surface area contributed by atoms with E-state index in [0.29, 0.717) is 0 Å². The van der Waals surface area contributed by atoms with Gasteiger partial charge in [0.05, 0.1) is 0 Å². The van der Waals surface area contributed by atoms with Crippen LogP contribution < -0.4 is 4.72 Å². The Hall–Kier alpha value is -1.59. The Morgan fingerprint density at radius 3 is 2.29 bits per heavy atom. The summed E-state index contributed by atoms with van der Waals surface area (Å²) in [5, 5.41) is 17.7. The molecule has 0 aliphatic heterocycles. The van der Waals surface area contributed by atoms with E-state index in [2.05, 4.69) is 0 Å². The number of alkyl halides is 3. The number of aliphatic hydroxyl groups is 1. The highest BCUT2D eigenvalue weighted by atomic mass is 32.2. The molecule has 1 atom stereocenters. The number of halogens is 3. The van der Waals surface area contributed by atoms with Gasteiger partial charge in [-0.25, -0.2) is 17.9 Å². The Bertz CT molecular complexity index is 648.